The summed E-state index contributed by atoms with van der Waals surface area (Å²) in [6.45, 7) is 2.20. The van der Waals surface area contributed by atoms with Gasteiger partial charge in [0.15, 0.2) is 0 Å². The first-order valence-electron chi connectivity index (χ1n) is 11.1. The molecule has 0 aromatic heterocycles. The van der Waals surface area contributed by atoms with E-state index in [1.165, 1.54) is 37.0 Å². The lowest BCUT2D eigenvalue weighted by Gasteiger charge is -2.08. The zero-order valence-corrected chi connectivity index (χ0v) is 18.5. The van der Waals surface area contributed by atoms with Gasteiger partial charge in [-0.2, -0.15) is 5.26 Å². The van der Waals surface area contributed by atoms with Crippen LogP contribution < -0.4 is 0 Å². The first-order valence-corrected chi connectivity index (χ1v) is 11.1. The van der Waals surface area contributed by atoms with Crippen molar-refractivity contribution in [2.75, 3.05) is 0 Å². The van der Waals surface area contributed by atoms with E-state index in [9.17, 15) is 4.39 Å². The van der Waals surface area contributed by atoms with E-state index >= 15 is 4.39 Å². The molecule has 1 nitrogen and oxygen atoms in total. The largest absolute Gasteiger partial charge is 0.206 e. The Morgan fingerprint density at radius 2 is 1.55 bits per heavy atom. The predicted molar refractivity (Wildman–Crippen MR) is 130 cm³/mol. The minimum atomic E-state index is -0.658. The fraction of sp³-hybridized carbons (Fsp3) is 0.167. The molecule has 0 radical (unpaired) electrons. The molecule has 0 unspecified atom stereocenters. The third-order valence-electron chi connectivity index (χ3n) is 5.73. The van der Waals surface area contributed by atoms with Crippen molar-refractivity contribution in [3.05, 3.63) is 107 Å². The maximum Gasteiger partial charge on any atom is 0.141 e. The van der Waals surface area contributed by atoms with Crippen LogP contribution in [-0.4, -0.2) is 0 Å². The van der Waals surface area contributed by atoms with Gasteiger partial charge in [0, 0.05) is 22.1 Å². The van der Waals surface area contributed by atoms with Gasteiger partial charge in [-0.1, -0.05) is 68.0 Å². The van der Waals surface area contributed by atoms with E-state index < -0.39 is 11.6 Å². The molecule has 0 aliphatic heterocycles. The molecular weight excluding hydrogens is 412 g/mol. The van der Waals surface area contributed by atoms with Crippen LogP contribution in [0.5, 0.6) is 0 Å². The number of nitriles is 1. The third-order valence-corrected chi connectivity index (χ3v) is 5.73. The van der Waals surface area contributed by atoms with E-state index in [-0.39, 0.29) is 5.56 Å². The number of halogens is 2. The highest BCUT2D eigenvalue weighted by Gasteiger charge is 2.12. The van der Waals surface area contributed by atoms with Crippen molar-refractivity contribution in [1.82, 2.24) is 0 Å². The van der Waals surface area contributed by atoms with Gasteiger partial charge in [-0.15, -0.1) is 0 Å². The van der Waals surface area contributed by atoms with E-state index in [1.807, 2.05) is 18.2 Å². The Balaban J connectivity index is 1.57. The number of rotatable bonds is 5. The fourth-order valence-electron chi connectivity index (χ4n) is 3.84. The first kappa shape index (κ1) is 22.3. The number of unbranched alkanes of at least 4 members (excludes halogenated alkanes) is 2. The summed E-state index contributed by atoms with van der Waals surface area (Å²) in [5.74, 6) is 5.26. The van der Waals surface area contributed by atoms with Crippen molar-refractivity contribution in [2.24, 2.45) is 0 Å². The molecule has 0 fully saturated rings. The first-order chi connectivity index (χ1) is 16.1. The minimum Gasteiger partial charge on any atom is -0.206 e. The Morgan fingerprint density at radius 1 is 0.788 bits per heavy atom. The highest BCUT2D eigenvalue weighted by Crippen LogP contribution is 2.30. The van der Waals surface area contributed by atoms with Gasteiger partial charge in [0.25, 0.3) is 0 Å². The molecule has 162 valence electrons. The lowest BCUT2D eigenvalue weighted by atomic mass is 9.98. The van der Waals surface area contributed by atoms with Crippen molar-refractivity contribution >= 4 is 10.8 Å². The van der Waals surface area contributed by atoms with Crippen molar-refractivity contribution in [2.45, 2.75) is 32.6 Å². The van der Waals surface area contributed by atoms with E-state index in [0.717, 1.165) is 22.9 Å². The molecule has 0 saturated heterocycles. The topological polar surface area (TPSA) is 23.8 Å². The summed E-state index contributed by atoms with van der Waals surface area (Å²) in [5.41, 5.74) is 3.70. The molecule has 0 N–H and O–H groups in total. The molecule has 0 aliphatic rings. The van der Waals surface area contributed by atoms with Gasteiger partial charge < -0.3 is 0 Å². The van der Waals surface area contributed by atoms with Gasteiger partial charge in [-0.25, -0.2) is 8.78 Å². The summed E-state index contributed by atoms with van der Waals surface area (Å²) in [7, 11) is 0. The summed E-state index contributed by atoms with van der Waals surface area (Å²) >= 11 is 0. The Bertz CT molecular complexity index is 1400. The summed E-state index contributed by atoms with van der Waals surface area (Å²) in [4.78, 5) is 0. The van der Waals surface area contributed by atoms with Crippen LogP contribution in [0.15, 0.2) is 72.8 Å². The minimum absolute atomic E-state index is 0.0608. The van der Waals surface area contributed by atoms with Crippen LogP contribution in [0.2, 0.25) is 0 Å². The van der Waals surface area contributed by atoms with Crippen LogP contribution in [0.4, 0.5) is 8.78 Å². The number of hydrogen-bond acceptors (Lipinski definition) is 1. The van der Waals surface area contributed by atoms with Gasteiger partial charge in [0.2, 0.25) is 0 Å². The average molecular weight is 436 g/mol. The molecule has 0 bridgehead atoms. The van der Waals surface area contributed by atoms with Crippen molar-refractivity contribution in [3.8, 4) is 29.0 Å². The Labute approximate surface area is 193 Å². The number of aryl methyl sites for hydroxylation is 1. The monoisotopic (exact) mass is 435 g/mol. The van der Waals surface area contributed by atoms with Gasteiger partial charge >= 0.3 is 0 Å². The summed E-state index contributed by atoms with van der Waals surface area (Å²) in [6.07, 6.45) is 4.76. The second-order valence-corrected chi connectivity index (χ2v) is 8.07. The maximum absolute atomic E-state index is 15.2. The summed E-state index contributed by atoms with van der Waals surface area (Å²) < 4.78 is 29.2. The number of fused-ring (bicyclic) bond motifs is 1. The van der Waals surface area contributed by atoms with Crippen LogP contribution in [0.1, 0.15) is 48.4 Å². The molecule has 0 spiro atoms. The van der Waals surface area contributed by atoms with Crippen LogP contribution in [0, 0.1) is 34.8 Å². The van der Waals surface area contributed by atoms with Crippen molar-refractivity contribution < 1.29 is 8.78 Å². The molecule has 0 heterocycles. The molecule has 33 heavy (non-hydrogen) atoms. The molecule has 4 rings (SSSR count). The van der Waals surface area contributed by atoms with E-state index in [1.54, 1.807) is 36.4 Å². The Kier molecular flexibility index (Phi) is 6.82. The average Bonchev–Trinajstić information content (AvgIpc) is 2.84. The van der Waals surface area contributed by atoms with Crippen LogP contribution in [0.3, 0.4) is 0 Å². The molecule has 0 aliphatic carbocycles. The van der Waals surface area contributed by atoms with E-state index in [0.29, 0.717) is 16.5 Å². The van der Waals surface area contributed by atoms with Gasteiger partial charge in [0.1, 0.15) is 17.7 Å². The number of benzene rings is 4. The number of hydrogen-bond donors (Lipinski definition) is 0. The molecule has 3 heteroatoms. The van der Waals surface area contributed by atoms with Crippen LogP contribution >= 0.6 is 0 Å². The summed E-state index contributed by atoms with van der Waals surface area (Å²) in [6, 6.07) is 23.0. The molecule has 0 saturated carbocycles. The highest BCUT2D eigenvalue weighted by atomic mass is 19.1. The number of nitrogens with zero attached hydrogens (tertiary/aromatic N) is 1. The van der Waals surface area contributed by atoms with Crippen LogP contribution in [-0.2, 0) is 6.42 Å². The zero-order chi connectivity index (χ0) is 23.2. The smallest absolute Gasteiger partial charge is 0.141 e. The van der Waals surface area contributed by atoms with Crippen LogP contribution in [0.25, 0.3) is 21.9 Å². The predicted octanol–water partition coefficient (Wildman–Crippen LogP) is 7.79. The molecular formula is C30H23F2N. The highest BCUT2D eigenvalue weighted by molar-refractivity contribution is 5.89. The fourth-order valence-corrected chi connectivity index (χ4v) is 3.84. The van der Waals surface area contributed by atoms with Gasteiger partial charge in [-0.05, 0) is 65.8 Å². The van der Waals surface area contributed by atoms with Crippen molar-refractivity contribution in [1.29, 1.82) is 5.26 Å². The third kappa shape index (κ3) is 5.11. The summed E-state index contributed by atoms with van der Waals surface area (Å²) in [5, 5.41) is 10.1. The van der Waals surface area contributed by atoms with E-state index in [2.05, 4.69) is 30.9 Å². The molecule has 0 atom stereocenters. The molecule has 0 amide bonds. The Hall–Kier alpha value is -3.95. The van der Waals surface area contributed by atoms with Gasteiger partial charge in [-0.3, -0.25) is 0 Å². The zero-order valence-electron chi connectivity index (χ0n) is 18.5. The van der Waals surface area contributed by atoms with Gasteiger partial charge in [0.05, 0.1) is 5.56 Å². The molecule has 4 aromatic rings. The lowest BCUT2D eigenvalue weighted by Crippen LogP contribution is -1.90. The standard InChI is InChI=1S/C30H23F2N/c1-2-3-4-5-21-6-8-22(9-7-21)10-11-23-12-16-27-24(18-23)15-17-28(30(27)32)25-13-14-26(20-33)29(31)19-25/h6-9,12-19H,2-5H2,1H3. The Morgan fingerprint density at radius 3 is 2.27 bits per heavy atom. The second-order valence-electron chi connectivity index (χ2n) is 8.07. The second kappa shape index (κ2) is 10.1. The SMILES string of the molecule is CCCCCc1ccc(C#Cc2ccc3c(F)c(-c4ccc(C#N)c(F)c4)ccc3c2)cc1. The van der Waals surface area contributed by atoms with Crippen molar-refractivity contribution in [3.63, 3.8) is 0 Å². The normalized spacial score (nSPS) is 10.5. The maximum atomic E-state index is 15.2. The lowest BCUT2D eigenvalue weighted by molar-refractivity contribution is 0.623. The quantitative estimate of drug-likeness (QED) is 0.232. The molecule has 4 aromatic carbocycles. The van der Waals surface area contributed by atoms with E-state index in [4.69, 9.17) is 5.26 Å².